The summed E-state index contributed by atoms with van der Waals surface area (Å²) in [5.74, 6) is 1.41. The van der Waals surface area contributed by atoms with E-state index in [1.165, 1.54) is 11.1 Å². The number of benzene rings is 5. The molecule has 51 heavy (non-hydrogen) atoms. The number of carbonyl (C=O) groups excluding carboxylic acids is 1. The lowest BCUT2D eigenvalue weighted by Gasteiger charge is -2.39. The Morgan fingerprint density at radius 2 is 1.51 bits per heavy atom. The topological polar surface area (TPSA) is 89.5 Å². The lowest BCUT2D eigenvalue weighted by Crippen LogP contribution is -2.41. The van der Waals surface area contributed by atoms with Crippen LogP contribution in [0.15, 0.2) is 115 Å². The number of hydrogen-bond donors (Lipinski definition) is 2. The van der Waals surface area contributed by atoms with Crippen LogP contribution in [-0.2, 0) is 35.6 Å². The van der Waals surface area contributed by atoms with E-state index in [0.29, 0.717) is 18.5 Å². The van der Waals surface area contributed by atoms with E-state index < -0.39 is 6.29 Å². The van der Waals surface area contributed by atoms with E-state index in [9.17, 15) is 9.90 Å². The van der Waals surface area contributed by atoms with Crippen LogP contribution in [0, 0.1) is 0 Å². The summed E-state index contributed by atoms with van der Waals surface area (Å²) >= 11 is 0. The molecule has 0 aliphatic carbocycles. The largest absolute Gasteiger partial charge is 0.493 e. The molecule has 1 saturated heterocycles. The third-order valence-corrected chi connectivity index (χ3v) is 9.86. The predicted octanol–water partition coefficient (Wildman–Crippen LogP) is 7.40. The summed E-state index contributed by atoms with van der Waals surface area (Å²) in [6.45, 7) is 2.90. The Hall–Kier alpha value is -4.99. The van der Waals surface area contributed by atoms with Crippen molar-refractivity contribution in [3.05, 3.63) is 154 Å². The van der Waals surface area contributed by atoms with Gasteiger partial charge in [-0.1, -0.05) is 91.0 Å². The molecule has 5 aromatic rings. The molecule has 2 aliphatic heterocycles. The molecule has 0 radical (unpaired) electrons. The minimum Gasteiger partial charge on any atom is -0.493 e. The maximum Gasteiger partial charge on any atom is 0.251 e. The minimum absolute atomic E-state index is 0.00212. The van der Waals surface area contributed by atoms with Gasteiger partial charge in [-0.2, -0.15) is 0 Å². The van der Waals surface area contributed by atoms with Gasteiger partial charge >= 0.3 is 0 Å². The summed E-state index contributed by atoms with van der Waals surface area (Å²) in [6, 6.07) is 37.9. The number of hydrogen-bond acceptors (Lipinski definition) is 7. The van der Waals surface area contributed by atoms with Gasteiger partial charge in [-0.05, 0) is 69.6 Å². The van der Waals surface area contributed by atoms with Crippen LogP contribution < -0.4 is 14.8 Å². The first kappa shape index (κ1) is 34.5. The number of rotatable bonds is 11. The molecule has 2 heterocycles. The molecule has 1 amide bonds. The molecule has 3 atom stereocenters. The molecular formula is C43H44N2O6. The lowest BCUT2D eigenvalue weighted by molar-refractivity contribution is -0.253. The van der Waals surface area contributed by atoms with Crippen LogP contribution in [-0.4, -0.2) is 49.3 Å². The Labute approximate surface area is 299 Å². The zero-order valence-electron chi connectivity index (χ0n) is 29.1. The highest BCUT2D eigenvalue weighted by Crippen LogP contribution is 2.40. The average Bonchev–Trinajstić information content (AvgIpc) is 3.19. The molecule has 1 fully saturated rings. The molecular weight excluding hydrogens is 640 g/mol. The summed E-state index contributed by atoms with van der Waals surface area (Å²) in [6.07, 6.45) is 0.845. The minimum atomic E-state index is -0.554. The highest BCUT2D eigenvalue weighted by Gasteiger charge is 2.34. The number of ether oxygens (including phenoxy) is 4. The number of fused-ring (bicyclic) bond motifs is 1. The molecule has 0 aromatic heterocycles. The van der Waals surface area contributed by atoms with E-state index in [0.717, 1.165) is 70.9 Å². The number of carbonyl (C=O) groups is 1. The molecule has 2 aliphatic rings. The highest BCUT2D eigenvalue weighted by molar-refractivity contribution is 5.94. The van der Waals surface area contributed by atoms with Crippen LogP contribution in [0.3, 0.4) is 0 Å². The third kappa shape index (κ3) is 8.00. The van der Waals surface area contributed by atoms with Crippen molar-refractivity contribution in [3.63, 3.8) is 0 Å². The highest BCUT2D eigenvalue weighted by atomic mass is 16.7. The van der Waals surface area contributed by atoms with Crippen molar-refractivity contribution in [1.82, 2.24) is 10.2 Å². The number of nitrogens with zero attached hydrogens (tertiary/aromatic N) is 1. The fourth-order valence-electron chi connectivity index (χ4n) is 7.06. The molecule has 3 unspecified atom stereocenters. The Bertz CT molecular complexity index is 1930. The van der Waals surface area contributed by atoms with Crippen molar-refractivity contribution >= 4 is 5.91 Å². The maximum atomic E-state index is 12.7. The molecule has 0 saturated carbocycles. The van der Waals surface area contributed by atoms with E-state index in [2.05, 4.69) is 52.7 Å². The Morgan fingerprint density at radius 3 is 2.24 bits per heavy atom. The van der Waals surface area contributed by atoms with Crippen molar-refractivity contribution in [2.24, 2.45) is 0 Å². The molecule has 0 bridgehead atoms. The van der Waals surface area contributed by atoms with Crippen LogP contribution in [0.1, 0.15) is 62.6 Å². The van der Waals surface area contributed by atoms with Gasteiger partial charge in [0.1, 0.15) is 0 Å². The average molecular weight is 685 g/mol. The van der Waals surface area contributed by atoms with Gasteiger partial charge in [0.2, 0.25) is 0 Å². The molecule has 262 valence electrons. The normalized spacial score (nSPS) is 18.8. The van der Waals surface area contributed by atoms with Crippen molar-refractivity contribution in [2.45, 2.75) is 51.0 Å². The summed E-state index contributed by atoms with van der Waals surface area (Å²) in [4.78, 5) is 15.2. The van der Waals surface area contributed by atoms with Crippen LogP contribution in [0.5, 0.6) is 11.5 Å². The van der Waals surface area contributed by atoms with Gasteiger partial charge in [-0.25, -0.2) is 0 Å². The smallest absolute Gasteiger partial charge is 0.251 e. The second-order valence-electron chi connectivity index (χ2n) is 13.1. The number of nitrogens with one attached hydrogen (secondary N) is 1. The van der Waals surface area contributed by atoms with Gasteiger partial charge in [0.15, 0.2) is 17.8 Å². The van der Waals surface area contributed by atoms with Gasteiger partial charge < -0.3 is 29.4 Å². The molecule has 8 heteroatoms. The predicted molar refractivity (Wildman–Crippen MR) is 196 cm³/mol. The van der Waals surface area contributed by atoms with E-state index in [1.807, 2.05) is 72.8 Å². The van der Waals surface area contributed by atoms with Crippen molar-refractivity contribution in [2.75, 3.05) is 27.3 Å². The van der Waals surface area contributed by atoms with Crippen LogP contribution in [0.2, 0.25) is 0 Å². The van der Waals surface area contributed by atoms with E-state index in [1.54, 1.807) is 14.2 Å². The first-order valence-electron chi connectivity index (χ1n) is 17.5. The fourth-order valence-corrected chi connectivity index (χ4v) is 7.06. The van der Waals surface area contributed by atoms with Gasteiger partial charge in [-0.3, -0.25) is 9.69 Å². The molecule has 5 aromatic carbocycles. The van der Waals surface area contributed by atoms with Gasteiger partial charge in [0, 0.05) is 43.7 Å². The third-order valence-electron chi connectivity index (χ3n) is 9.86. The van der Waals surface area contributed by atoms with Crippen LogP contribution in [0.25, 0.3) is 11.1 Å². The lowest BCUT2D eigenvalue weighted by atomic mass is 9.96. The molecule has 8 nitrogen and oxygen atoms in total. The van der Waals surface area contributed by atoms with E-state index in [4.69, 9.17) is 18.9 Å². The first-order valence-corrected chi connectivity index (χ1v) is 17.5. The zero-order chi connectivity index (χ0) is 35.2. The van der Waals surface area contributed by atoms with Crippen molar-refractivity contribution < 1.29 is 28.8 Å². The van der Waals surface area contributed by atoms with Crippen LogP contribution >= 0.6 is 0 Å². The molecule has 2 N–H and O–H groups in total. The standard InChI is InChI=1S/C43H44N2O6/c1-48-40-22-34-20-21-45(26-36(34)23-41(40)49-2)27-37-24-39(31-14-12-29(28-46)13-15-31)51-43(50-37)33-18-16-30(17-19-33)38-11-7-6-10-35(38)25-44-42(47)32-8-4-3-5-9-32/h3-19,22-23,37,39,43,46H,20-21,24-28H2,1-2H3,(H,44,47). The summed E-state index contributed by atoms with van der Waals surface area (Å²) in [5.41, 5.74) is 9.18. The number of methoxy groups -OCH3 is 2. The van der Waals surface area contributed by atoms with Crippen molar-refractivity contribution in [1.29, 1.82) is 0 Å². The summed E-state index contributed by atoms with van der Waals surface area (Å²) < 4.78 is 24.5. The number of amides is 1. The molecule has 0 spiro atoms. The second kappa shape index (κ2) is 15.9. The second-order valence-corrected chi connectivity index (χ2v) is 13.1. The summed E-state index contributed by atoms with van der Waals surface area (Å²) in [5, 5.41) is 12.7. The zero-order valence-corrected chi connectivity index (χ0v) is 29.1. The number of aliphatic hydroxyl groups is 1. The SMILES string of the molecule is COc1cc2c(cc1OC)CN(CC1CC(c3ccc(CO)cc3)OC(c3ccc(-c4ccccc4CNC(=O)c4ccccc4)cc3)O1)CC2. The van der Waals surface area contributed by atoms with Gasteiger partial charge in [-0.15, -0.1) is 0 Å². The van der Waals surface area contributed by atoms with Crippen LogP contribution in [0.4, 0.5) is 0 Å². The van der Waals surface area contributed by atoms with E-state index in [-0.39, 0.29) is 24.7 Å². The van der Waals surface area contributed by atoms with Crippen molar-refractivity contribution in [3.8, 4) is 22.6 Å². The quantitative estimate of drug-likeness (QED) is 0.150. The van der Waals surface area contributed by atoms with Gasteiger partial charge in [0.25, 0.3) is 5.91 Å². The first-order chi connectivity index (χ1) is 25.0. The number of aliphatic hydroxyl groups excluding tert-OH is 1. The Balaban J connectivity index is 1.09. The molecule has 7 rings (SSSR count). The summed E-state index contributed by atoms with van der Waals surface area (Å²) in [7, 11) is 3.35. The fraction of sp³-hybridized carbons (Fsp3) is 0.279. The maximum absolute atomic E-state index is 12.7. The Morgan fingerprint density at radius 1 is 0.824 bits per heavy atom. The monoisotopic (exact) mass is 684 g/mol. The Kier molecular flexibility index (Phi) is 10.8. The van der Waals surface area contributed by atoms with Gasteiger partial charge in [0.05, 0.1) is 33.0 Å². The van der Waals surface area contributed by atoms with E-state index >= 15 is 0 Å².